The fraction of sp³-hybridized carbons (Fsp3) is 0.650. The molecule has 1 N–H and O–H groups in total. The lowest BCUT2D eigenvalue weighted by Gasteiger charge is -2.35. The number of amides is 1. The maximum absolute atomic E-state index is 13.0. The highest BCUT2D eigenvalue weighted by atomic mass is 35.5. The summed E-state index contributed by atoms with van der Waals surface area (Å²) in [4.78, 5) is 17.4. The molecule has 0 radical (unpaired) electrons. The summed E-state index contributed by atoms with van der Waals surface area (Å²) in [5, 5.41) is 3.66. The number of nitrogens with one attached hydrogen (secondary N) is 1. The van der Waals surface area contributed by atoms with Crippen LogP contribution in [0.25, 0.3) is 0 Å². The zero-order valence-electron chi connectivity index (χ0n) is 15.5. The van der Waals surface area contributed by atoms with Crippen LogP contribution >= 0.6 is 24.8 Å². The van der Waals surface area contributed by atoms with Gasteiger partial charge in [-0.1, -0.05) is 12.1 Å². The van der Waals surface area contributed by atoms with Crippen molar-refractivity contribution < 1.29 is 4.79 Å². The van der Waals surface area contributed by atoms with Crippen molar-refractivity contribution in [1.82, 2.24) is 15.1 Å². The predicted octanol–water partition coefficient (Wildman–Crippen LogP) is 3.48. The Hall–Kier alpha value is -0.810. The minimum absolute atomic E-state index is 0. The molecule has 2 atom stereocenters. The number of fused-ring (bicyclic) bond motifs is 2. The first kappa shape index (κ1) is 21.5. The molecule has 4 nitrogen and oxygen atoms in total. The summed E-state index contributed by atoms with van der Waals surface area (Å²) >= 11 is 0. The molecule has 4 rings (SSSR count). The van der Waals surface area contributed by atoms with Gasteiger partial charge in [-0.15, -0.1) is 24.8 Å². The average Bonchev–Trinajstić information content (AvgIpc) is 3.23. The number of piperidine rings is 1. The van der Waals surface area contributed by atoms with Crippen molar-refractivity contribution in [3.8, 4) is 0 Å². The van der Waals surface area contributed by atoms with Crippen LogP contribution in [0.15, 0.2) is 24.3 Å². The minimum Gasteiger partial charge on any atom is -0.339 e. The van der Waals surface area contributed by atoms with Gasteiger partial charge >= 0.3 is 0 Å². The highest BCUT2D eigenvalue weighted by Gasteiger charge is 2.36. The van der Waals surface area contributed by atoms with Crippen molar-refractivity contribution in [3.05, 3.63) is 35.4 Å². The van der Waals surface area contributed by atoms with Gasteiger partial charge in [-0.3, -0.25) is 9.69 Å². The SMILES string of the molecule is CN(C(=O)c1cccc(CN2CCCC2)c1)C1CC2CCC(C1)N2.Cl.Cl. The first-order chi connectivity index (χ1) is 11.7. The standard InChI is InChI=1S/C20H29N3O.2ClH/c1-22(19-12-17-7-8-18(13-19)21-17)20(24)16-6-4-5-15(11-16)14-23-9-2-3-10-23;;/h4-6,11,17-19,21H,2-3,7-10,12-14H2,1H3;2*1H. The predicted molar refractivity (Wildman–Crippen MR) is 111 cm³/mol. The van der Waals surface area contributed by atoms with Crippen LogP contribution in [0.5, 0.6) is 0 Å². The lowest BCUT2D eigenvalue weighted by Crippen LogP contribution is -2.48. The van der Waals surface area contributed by atoms with E-state index in [1.54, 1.807) is 0 Å². The number of carbonyl (C=O) groups excluding carboxylic acids is 1. The fourth-order valence-electron chi connectivity index (χ4n) is 4.71. The van der Waals surface area contributed by atoms with E-state index >= 15 is 0 Å². The van der Waals surface area contributed by atoms with Gasteiger partial charge in [-0.2, -0.15) is 0 Å². The molecule has 3 aliphatic rings. The molecule has 26 heavy (non-hydrogen) atoms. The van der Waals surface area contributed by atoms with E-state index in [0.717, 1.165) is 24.9 Å². The first-order valence-electron chi connectivity index (χ1n) is 9.53. The second-order valence-electron chi connectivity index (χ2n) is 7.86. The third kappa shape index (κ3) is 4.72. The Labute approximate surface area is 169 Å². The number of halogens is 2. The molecular formula is C20H31Cl2N3O. The first-order valence-corrected chi connectivity index (χ1v) is 9.53. The van der Waals surface area contributed by atoms with Crippen molar-refractivity contribution in [2.45, 2.75) is 63.2 Å². The molecule has 6 heteroatoms. The van der Waals surface area contributed by atoms with E-state index in [9.17, 15) is 4.79 Å². The van der Waals surface area contributed by atoms with Crippen LogP contribution in [0, 0.1) is 0 Å². The molecule has 3 saturated heterocycles. The molecule has 0 spiro atoms. The van der Waals surface area contributed by atoms with Crippen LogP contribution in [0.3, 0.4) is 0 Å². The number of nitrogens with zero attached hydrogens (tertiary/aromatic N) is 2. The van der Waals surface area contributed by atoms with Crippen molar-refractivity contribution in [2.75, 3.05) is 20.1 Å². The van der Waals surface area contributed by atoms with Crippen LogP contribution in [-0.4, -0.2) is 54.0 Å². The Morgan fingerprint density at radius 1 is 1.15 bits per heavy atom. The second kappa shape index (κ2) is 9.41. The van der Waals surface area contributed by atoms with Crippen LogP contribution in [-0.2, 0) is 6.54 Å². The second-order valence-corrected chi connectivity index (χ2v) is 7.86. The van der Waals surface area contributed by atoms with Crippen molar-refractivity contribution in [3.63, 3.8) is 0 Å². The molecule has 146 valence electrons. The van der Waals surface area contributed by atoms with Gasteiger partial charge in [0.25, 0.3) is 5.91 Å². The van der Waals surface area contributed by atoms with Crippen molar-refractivity contribution in [1.29, 1.82) is 0 Å². The summed E-state index contributed by atoms with van der Waals surface area (Å²) in [7, 11) is 1.99. The minimum atomic E-state index is 0. The maximum atomic E-state index is 13.0. The summed E-state index contributed by atoms with van der Waals surface area (Å²) in [5.41, 5.74) is 2.11. The van der Waals surface area contributed by atoms with E-state index in [-0.39, 0.29) is 30.7 Å². The Balaban J connectivity index is 0.00000121. The number of likely N-dealkylation sites (tertiary alicyclic amines) is 1. The molecule has 2 unspecified atom stereocenters. The Bertz CT molecular complexity index is 594. The van der Waals surface area contributed by atoms with Gasteiger partial charge in [0.05, 0.1) is 0 Å². The average molecular weight is 400 g/mol. The monoisotopic (exact) mass is 399 g/mol. The number of hydrogen-bond donors (Lipinski definition) is 1. The fourth-order valence-corrected chi connectivity index (χ4v) is 4.71. The van der Waals surface area contributed by atoms with E-state index in [1.807, 2.05) is 24.1 Å². The van der Waals surface area contributed by atoms with Gasteiger partial charge in [0.15, 0.2) is 0 Å². The van der Waals surface area contributed by atoms with Gasteiger partial charge in [-0.25, -0.2) is 0 Å². The molecule has 3 aliphatic heterocycles. The van der Waals surface area contributed by atoms with Crippen molar-refractivity contribution in [2.24, 2.45) is 0 Å². The number of carbonyl (C=O) groups is 1. The molecule has 1 aromatic carbocycles. The molecule has 2 bridgehead atoms. The van der Waals surface area contributed by atoms with Gasteiger partial charge in [0.2, 0.25) is 0 Å². The molecule has 1 aromatic rings. The van der Waals surface area contributed by atoms with E-state index in [4.69, 9.17) is 0 Å². The smallest absolute Gasteiger partial charge is 0.253 e. The summed E-state index contributed by atoms with van der Waals surface area (Å²) < 4.78 is 0. The topological polar surface area (TPSA) is 35.6 Å². The lowest BCUT2D eigenvalue weighted by molar-refractivity contribution is 0.0681. The summed E-state index contributed by atoms with van der Waals surface area (Å²) in [5.74, 6) is 0.185. The Morgan fingerprint density at radius 2 is 1.81 bits per heavy atom. The summed E-state index contributed by atoms with van der Waals surface area (Å²) in [6, 6.07) is 9.89. The summed E-state index contributed by atoms with van der Waals surface area (Å²) in [6.45, 7) is 3.36. The zero-order chi connectivity index (χ0) is 16.5. The Kier molecular flexibility index (Phi) is 7.77. The molecular weight excluding hydrogens is 369 g/mol. The van der Waals surface area contributed by atoms with Gasteiger partial charge in [0, 0.05) is 37.3 Å². The van der Waals surface area contributed by atoms with Gasteiger partial charge in [-0.05, 0) is 69.3 Å². The molecule has 1 amide bonds. The van der Waals surface area contributed by atoms with Crippen LogP contribution in [0.1, 0.15) is 54.4 Å². The molecule has 0 aliphatic carbocycles. The molecule has 0 aromatic heterocycles. The third-order valence-electron chi connectivity index (χ3n) is 6.10. The quantitative estimate of drug-likeness (QED) is 0.841. The third-order valence-corrected chi connectivity index (χ3v) is 6.10. The maximum Gasteiger partial charge on any atom is 0.253 e. The molecule has 3 fully saturated rings. The summed E-state index contributed by atoms with van der Waals surface area (Å²) in [6.07, 6.45) is 7.36. The number of hydrogen-bond acceptors (Lipinski definition) is 3. The van der Waals surface area contributed by atoms with Crippen molar-refractivity contribution >= 4 is 30.7 Å². The van der Waals surface area contributed by atoms with E-state index in [2.05, 4.69) is 22.3 Å². The highest BCUT2D eigenvalue weighted by Crippen LogP contribution is 2.30. The molecule has 0 saturated carbocycles. The normalized spacial score (nSPS) is 27.5. The van der Waals surface area contributed by atoms with E-state index in [1.165, 1.54) is 44.3 Å². The van der Waals surface area contributed by atoms with Gasteiger partial charge in [0.1, 0.15) is 0 Å². The number of rotatable bonds is 4. The van der Waals surface area contributed by atoms with E-state index < -0.39 is 0 Å². The van der Waals surface area contributed by atoms with E-state index in [0.29, 0.717) is 18.1 Å². The van der Waals surface area contributed by atoms with Gasteiger partial charge < -0.3 is 10.2 Å². The van der Waals surface area contributed by atoms with Crippen LogP contribution < -0.4 is 5.32 Å². The zero-order valence-corrected chi connectivity index (χ0v) is 17.2. The lowest BCUT2D eigenvalue weighted by atomic mass is 9.97. The van der Waals surface area contributed by atoms with Crippen LogP contribution in [0.2, 0.25) is 0 Å². The Morgan fingerprint density at radius 3 is 2.46 bits per heavy atom. The largest absolute Gasteiger partial charge is 0.339 e. The number of benzene rings is 1. The van der Waals surface area contributed by atoms with Crippen LogP contribution in [0.4, 0.5) is 0 Å². The highest BCUT2D eigenvalue weighted by molar-refractivity contribution is 5.94. The molecule has 3 heterocycles.